The number of nitrogens with zero attached hydrogens (tertiary/aromatic N) is 1. The van der Waals surface area contributed by atoms with Gasteiger partial charge < -0.3 is 15.7 Å². The maximum atomic E-state index is 11.7. The van der Waals surface area contributed by atoms with Gasteiger partial charge in [-0.3, -0.25) is 5.10 Å². The molecule has 0 aliphatic rings. The molecule has 1 atom stereocenters. The van der Waals surface area contributed by atoms with Crippen molar-refractivity contribution in [2.75, 3.05) is 0 Å². The van der Waals surface area contributed by atoms with Gasteiger partial charge in [-0.2, -0.15) is 5.10 Å². The van der Waals surface area contributed by atoms with Gasteiger partial charge in [0.1, 0.15) is 0 Å². The number of aromatic nitrogens is 2. The molecule has 0 aliphatic heterocycles. The Hall–Kier alpha value is -2.83. The van der Waals surface area contributed by atoms with Crippen LogP contribution in [0.15, 0.2) is 42.7 Å². The van der Waals surface area contributed by atoms with E-state index in [1.807, 2.05) is 0 Å². The minimum absolute atomic E-state index is 0.267. The number of carboxylic acid groups (broad SMARTS) is 1. The second-order valence-electron chi connectivity index (χ2n) is 4.12. The number of benzene rings is 1. The van der Waals surface area contributed by atoms with Crippen molar-refractivity contribution in [1.29, 1.82) is 0 Å². The molecule has 0 saturated heterocycles. The minimum atomic E-state index is -1.12. The number of H-pyrrole nitrogens is 1. The number of hydrogen-bond donors (Lipinski definition) is 4. The van der Waals surface area contributed by atoms with Crippen LogP contribution in [0.2, 0.25) is 0 Å². The molecule has 2 amide bonds. The summed E-state index contributed by atoms with van der Waals surface area (Å²) in [7, 11) is 0. The maximum absolute atomic E-state index is 11.7. The quantitative estimate of drug-likeness (QED) is 0.653. The molecule has 4 N–H and O–H groups in total. The van der Waals surface area contributed by atoms with Crippen LogP contribution in [-0.4, -0.2) is 27.3 Å². The van der Waals surface area contributed by atoms with E-state index in [4.69, 9.17) is 0 Å². The Kier molecular flexibility index (Phi) is 4.33. The Morgan fingerprint density at radius 1 is 1.30 bits per heavy atom. The van der Waals surface area contributed by atoms with Crippen molar-refractivity contribution in [1.82, 2.24) is 20.8 Å². The van der Waals surface area contributed by atoms with Gasteiger partial charge in [0.15, 0.2) is 6.04 Å². The molecular weight excluding hydrogens is 260 g/mol. The predicted molar refractivity (Wildman–Crippen MR) is 70.8 cm³/mol. The van der Waals surface area contributed by atoms with Crippen LogP contribution in [0.1, 0.15) is 17.2 Å². The normalized spacial score (nSPS) is 11.6. The van der Waals surface area contributed by atoms with Crippen molar-refractivity contribution < 1.29 is 14.7 Å². The van der Waals surface area contributed by atoms with Gasteiger partial charge in [0, 0.05) is 18.3 Å². The van der Waals surface area contributed by atoms with Gasteiger partial charge in [-0.05, 0) is 5.56 Å². The van der Waals surface area contributed by atoms with Crippen molar-refractivity contribution in [2.24, 2.45) is 0 Å². The molecule has 0 spiro atoms. The van der Waals surface area contributed by atoms with Crippen molar-refractivity contribution >= 4 is 12.0 Å². The molecular formula is C13H14N4O3. The average Bonchev–Trinajstić information content (AvgIpc) is 2.96. The van der Waals surface area contributed by atoms with E-state index in [1.54, 1.807) is 42.7 Å². The number of hydrogen-bond acceptors (Lipinski definition) is 3. The van der Waals surface area contributed by atoms with Gasteiger partial charge in [0.25, 0.3) is 0 Å². The molecule has 1 aromatic carbocycles. The zero-order chi connectivity index (χ0) is 14.4. The van der Waals surface area contributed by atoms with Gasteiger partial charge >= 0.3 is 12.0 Å². The van der Waals surface area contributed by atoms with E-state index in [2.05, 4.69) is 20.8 Å². The molecule has 2 aromatic rings. The highest BCUT2D eigenvalue weighted by Gasteiger charge is 2.21. The largest absolute Gasteiger partial charge is 0.479 e. The van der Waals surface area contributed by atoms with E-state index in [1.165, 1.54) is 0 Å². The number of rotatable bonds is 5. The van der Waals surface area contributed by atoms with E-state index >= 15 is 0 Å². The minimum Gasteiger partial charge on any atom is -0.479 e. The number of carbonyl (C=O) groups excluding carboxylic acids is 1. The number of carboxylic acids is 1. The fourth-order valence-corrected chi connectivity index (χ4v) is 1.67. The zero-order valence-electron chi connectivity index (χ0n) is 10.5. The molecule has 0 unspecified atom stereocenters. The lowest BCUT2D eigenvalue weighted by Gasteiger charge is -2.15. The molecule has 7 nitrogen and oxygen atoms in total. The van der Waals surface area contributed by atoms with Crippen LogP contribution in [-0.2, 0) is 11.3 Å². The van der Waals surface area contributed by atoms with Crippen molar-refractivity contribution in [2.45, 2.75) is 12.6 Å². The molecule has 20 heavy (non-hydrogen) atoms. The van der Waals surface area contributed by atoms with Gasteiger partial charge in [-0.25, -0.2) is 9.59 Å². The Morgan fingerprint density at radius 2 is 2.05 bits per heavy atom. The van der Waals surface area contributed by atoms with Gasteiger partial charge in [0.2, 0.25) is 0 Å². The van der Waals surface area contributed by atoms with Crippen LogP contribution < -0.4 is 10.6 Å². The molecule has 0 fully saturated rings. The Balaban J connectivity index is 1.95. The first-order chi connectivity index (χ1) is 9.66. The summed E-state index contributed by atoms with van der Waals surface area (Å²) in [6.07, 6.45) is 3.22. The van der Waals surface area contributed by atoms with Crippen LogP contribution in [0.4, 0.5) is 4.79 Å². The average molecular weight is 274 g/mol. The van der Waals surface area contributed by atoms with E-state index < -0.39 is 18.0 Å². The maximum Gasteiger partial charge on any atom is 0.330 e. The molecule has 0 saturated carbocycles. The zero-order valence-corrected chi connectivity index (χ0v) is 10.5. The number of carbonyl (C=O) groups is 2. The lowest BCUT2D eigenvalue weighted by molar-refractivity contribution is -0.139. The van der Waals surface area contributed by atoms with Crippen LogP contribution in [0, 0.1) is 0 Å². The second-order valence-corrected chi connectivity index (χ2v) is 4.12. The van der Waals surface area contributed by atoms with Gasteiger partial charge in [-0.1, -0.05) is 30.3 Å². The third-order valence-electron chi connectivity index (χ3n) is 2.66. The summed E-state index contributed by atoms with van der Waals surface area (Å²) in [6, 6.07) is 6.88. The first-order valence-electron chi connectivity index (χ1n) is 5.96. The van der Waals surface area contributed by atoms with E-state index in [9.17, 15) is 14.7 Å². The highest BCUT2D eigenvalue weighted by molar-refractivity contribution is 5.83. The summed E-state index contributed by atoms with van der Waals surface area (Å²) >= 11 is 0. The third kappa shape index (κ3) is 3.58. The number of nitrogens with one attached hydrogen (secondary N) is 3. The topological polar surface area (TPSA) is 107 Å². The third-order valence-corrected chi connectivity index (χ3v) is 2.66. The lowest BCUT2D eigenvalue weighted by atomic mass is 10.1. The fraction of sp³-hybridized carbons (Fsp3) is 0.154. The SMILES string of the molecule is O=C(NCc1cn[nH]c1)N[C@@H](C(=O)O)c1ccccc1. The van der Waals surface area contributed by atoms with E-state index in [0.29, 0.717) is 5.56 Å². The number of aliphatic carboxylic acids is 1. The summed E-state index contributed by atoms with van der Waals surface area (Å²) < 4.78 is 0. The molecule has 0 radical (unpaired) electrons. The molecule has 0 aliphatic carbocycles. The van der Waals surface area contributed by atoms with Gasteiger partial charge in [-0.15, -0.1) is 0 Å². The fourth-order valence-electron chi connectivity index (χ4n) is 1.67. The van der Waals surface area contributed by atoms with Crippen LogP contribution in [0.5, 0.6) is 0 Å². The smallest absolute Gasteiger partial charge is 0.330 e. The predicted octanol–water partition coefficient (Wildman–Crippen LogP) is 1.03. The lowest BCUT2D eigenvalue weighted by Crippen LogP contribution is -2.40. The number of aromatic amines is 1. The molecule has 104 valence electrons. The summed E-state index contributed by atoms with van der Waals surface area (Å²) in [4.78, 5) is 22.9. The summed E-state index contributed by atoms with van der Waals surface area (Å²) in [5, 5.41) is 20.5. The van der Waals surface area contributed by atoms with Crippen LogP contribution in [0.3, 0.4) is 0 Å². The summed E-state index contributed by atoms with van der Waals surface area (Å²) in [6.45, 7) is 0.267. The Morgan fingerprint density at radius 3 is 2.65 bits per heavy atom. The molecule has 7 heteroatoms. The van der Waals surface area contributed by atoms with Crippen LogP contribution in [0.25, 0.3) is 0 Å². The molecule has 1 aromatic heterocycles. The van der Waals surface area contributed by atoms with Crippen LogP contribution >= 0.6 is 0 Å². The van der Waals surface area contributed by atoms with E-state index in [-0.39, 0.29) is 6.54 Å². The summed E-state index contributed by atoms with van der Waals surface area (Å²) in [5.74, 6) is -1.12. The highest BCUT2D eigenvalue weighted by atomic mass is 16.4. The second kappa shape index (κ2) is 6.37. The summed E-state index contributed by atoms with van der Waals surface area (Å²) in [5.41, 5.74) is 1.31. The Labute approximate surface area is 115 Å². The van der Waals surface area contributed by atoms with E-state index in [0.717, 1.165) is 5.56 Å². The van der Waals surface area contributed by atoms with Crippen molar-refractivity contribution in [3.63, 3.8) is 0 Å². The molecule has 1 heterocycles. The highest BCUT2D eigenvalue weighted by Crippen LogP contribution is 2.12. The number of urea groups is 1. The molecule has 0 bridgehead atoms. The number of amides is 2. The standard InChI is InChI=1S/C13H14N4O3/c18-12(19)11(10-4-2-1-3-5-10)17-13(20)14-6-9-7-15-16-8-9/h1-5,7-8,11H,6H2,(H,15,16)(H,18,19)(H2,14,17,20)/t11-/m1/s1. The van der Waals surface area contributed by atoms with Crippen molar-refractivity contribution in [3.05, 3.63) is 53.9 Å². The Bertz CT molecular complexity index is 569. The first kappa shape index (κ1) is 13.6. The van der Waals surface area contributed by atoms with Gasteiger partial charge in [0.05, 0.1) is 6.20 Å². The first-order valence-corrected chi connectivity index (χ1v) is 5.96. The molecule has 2 rings (SSSR count). The monoisotopic (exact) mass is 274 g/mol. The van der Waals surface area contributed by atoms with Crippen molar-refractivity contribution in [3.8, 4) is 0 Å².